The van der Waals surface area contributed by atoms with E-state index in [-0.39, 0.29) is 6.10 Å². The van der Waals surface area contributed by atoms with E-state index in [0.29, 0.717) is 29.1 Å². The summed E-state index contributed by atoms with van der Waals surface area (Å²) < 4.78 is 5.37. The van der Waals surface area contributed by atoms with Crippen LogP contribution in [-0.4, -0.2) is 12.6 Å². The van der Waals surface area contributed by atoms with Crippen molar-refractivity contribution in [3.05, 3.63) is 23.8 Å². The fourth-order valence-electron chi connectivity index (χ4n) is 8.43. The number of ether oxygens (including phenoxy) is 1. The molecule has 4 aliphatic rings. The van der Waals surface area contributed by atoms with E-state index in [4.69, 9.17) is 4.74 Å². The first kappa shape index (κ1) is 23.1. The molecule has 0 aromatic rings. The van der Waals surface area contributed by atoms with Crippen LogP contribution in [0.25, 0.3) is 0 Å². The monoisotopic (exact) mass is 426 g/mol. The second kappa shape index (κ2) is 8.71. The first-order chi connectivity index (χ1) is 14.7. The van der Waals surface area contributed by atoms with Crippen LogP contribution in [0, 0.1) is 52.3 Å². The van der Waals surface area contributed by atoms with E-state index in [9.17, 15) is 4.79 Å². The Bertz CT molecular complexity index is 720. The zero-order valence-corrected chi connectivity index (χ0v) is 20.9. The molecule has 9 atom stereocenters. The highest BCUT2D eigenvalue weighted by Gasteiger charge is 2.59. The van der Waals surface area contributed by atoms with Crippen LogP contribution in [0.4, 0.5) is 0 Å². The largest absolute Gasteiger partial charge is 0.464 e. The summed E-state index contributed by atoms with van der Waals surface area (Å²) in [5, 5.41) is 0. The minimum absolute atomic E-state index is 0.110. The van der Waals surface area contributed by atoms with Crippen LogP contribution in [-0.2, 0) is 9.53 Å². The Morgan fingerprint density at radius 1 is 1.00 bits per heavy atom. The molecule has 0 bridgehead atoms. The van der Waals surface area contributed by atoms with E-state index in [0.717, 1.165) is 42.4 Å². The molecule has 0 aromatic heterocycles. The van der Waals surface area contributed by atoms with Gasteiger partial charge in [0.25, 0.3) is 6.47 Å². The summed E-state index contributed by atoms with van der Waals surface area (Å²) in [5.74, 6) is 5.48. The third kappa shape index (κ3) is 3.95. The van der Waals surface area contributed by atoms with Crippen molar-refractivity contribution in [3.63, 3.8) is 0 Å². The molecular formula is C29H46O2. The van der Waals surface area contributed by atoms with E-state index in [1.165, 1.54) is 38.5 Å². The lowest BCUT2D eigenvalue weighted by molar-refractivity contribution is -0.136. The molecule has 4 rings (SSSR count). The molecule has 3 fully saturated rings. The topological polar surface area (TPSA) is 26.3 Å². The third-order valence-electron chi connectivity index (χ3n) is 10.8. The SMILES string of the molecule is CC(C)C(C)C=CC(C)C1CCC2C3CC=C4CC(OC=O)CCC4(C)C3CCC12C. The fourth-order valence-corrected chi connectivity index (χ4v) is 8.43. The van der Waals surface area contributed by atoms with Gasteiger partial charge < -0.3 is 4.74 Å². The molecule has 0 heterocycles. The van der Waals surface area contributed by atoms with Gasteiger partial charge in [-0.1, -0.05) is 65.3 Å². The molecule has 0 amide bonds. The Labute approximate surface area is 191 Å². The van der Waals surface area contributed by atoms with Gasteiger partial charge in [0.15, 0.2) is 0 Å². The lowest BCUT2D eigenvalue weighted by atomic mass is 9.47. The quantitative estimate of drug-likeness (QED) is 0.323. The maximum atomic E-state index is 10.9. The van der Waals surface area contributed by atoms with Gasteiger partial charge >= 0.3 is 0 Å². The molecule has 0 saturated heterocycles. The molecule has 0 radical (unpaired) electrons. The van der Waals surface area contributed by atoms with Crippen molar-refractivity contribution < 1.29 is 9.53 Å². The summed E-state index contributed by atoms with van der Waals surface area (Å²) in [6.07, 6.45) is 17.8. The van der Waals surface area contributed by atoms with Crippen molar-refractivity contribution in [1.29, 1.82) is 0 Å². The Kier molecular flexibility index (Phi) is 6.50. The van der Waals surface area contributed by atoms with Gasteiger partial charge in [0.05, 0.1) is 0 Å². The van der Waals surface area contributed by atoms with Crippen molar-refractivity contribution in [1.82, 2.24) is 0 Å². The number of hydrogen-bond donors (Lipinski definition) is 0. The Morgan fingerprint density at radius 2 is 1.77 bits per heavy atom. The number of rotatable bonds is 6. The maximum Gasteiger partial charge on any atom is 0.293 e. The number of fused-ring (bicyclic) bond motifs is 5. The summed E-state index contributed by atoms with van der Waals surface area (Å²) in [6.45, 7) is 15.4. The predicted molar refractivity (Wildman–Crippen MR) is 128 cm³/mol. The summed E-state index contributed by atoms with van der Waals surface area (Å²) in [6, 6.07) is 0. The Hall–Kier alpha value is -1.05. The molecule has 0 N–H and O–H groups in total. The zero-order valence-electron chi connectivity index (χ0n) is 20.9. The average Bonchev–Trinajstić information content (AvgIpc) is 3.09. The molecule has 0 spiro atoms. The molecule has 2 heteroatoms. The van der Waals surface area contributed by atoms with Crippen molar-refractivity contribution in [2.24, 2.45) is 52.3 Å². The third-order valence-corrected chi connectivity index (χ3v) is 10.8. The van der Waals surface area contributed by atoms with Gasteiger partial charge in [-0.05, 0) is 97.2 Å². The molecule has 31 heavy (non-hydrogen) atoms. The van der Waals surface area contributed by atoms with Crippen molar-refractivity contribution in [2.75, 3.05) is 0 Å². The molecular weight excluding hydrogens is 380 g/mol. The summed E-state index contributed by atoms with van der Waals surface area (Å²) >= 11 is 0. The molecule has 0 aromatic carbocycles. The minimum Gasteiger partial charge on any atom is -0.464 e. The Balaban J connectivity index is 1.51. The van der Waals surface area contributed by atoms with Crippen LogP contribution in [0.2, 0.25) is 0 Å². The number of carbonyl (C=O) groups excluding carboxylic acids is 1. The van der Waals surface area contributed by atoms with Gasteiger partial charge in [0.2, 0.25) is 0 Å². The van der Waals surface area contributed by atoms with Crippen LogP contribution in [0.5, 0.6) is 0 Å². The normalized spacial score (nSPS) is 44.2. The van der Waals surface area contributed by atoms with E-state index >= 15 is 0 Å². The summed E-state index contributed by atoms with van der Waals surface area (Å²) in [4.78, 5) is 10.9. The maximum absolute atomic E-state index is 10.9. The number of hydrogen-bond acceptors (Lipinski definition) is 2. The highest BCUT2D eigenvalue weighted by molar-refractivity contribution is 5.38. The average molecular weight is 427 g/mol. The van der Waals surface area contributed by atoms with E-state index in [2.05, 4.69) is 59.8 Å². The molecule has 4 aliphatic carbocycles. The fraction of sp³-hybridized carbons (Fsp3) is 0.828. The number of allylic oxidation sites excluding steroid dienone is 3. The van der Waals surface area contributed by atoms with Crippen LogP contribution < -0.4 is 0 Å². The highest BCUT2D eigenvalue weighted by Crippen LogP contribution is 2.67. The first-order valence-electron chi connectivity index (χ1n) is 13.2. The van der Waals surface area contributed by atoms with E-state index < -0.39 is 0 Å². The van der Waals surface area contributed by atoms with E-state index in [1.807, 2.05) is 0 Å². The van der Waals surface area contributed by atoms with Gasteiger partial charge in [-0.25, -0.2) is 0 Å². The first-order valence-corrected chi connectivity index (χ1v) is 13.2. The molecule has 3 saturated carbocycles. The van der Waals surface area contributed by atoms with Crippen LogP contribution in [0.15, 0.2) is 23.8 Å². The van der Waals surface area contributed by atoms with Gasteiger partial charge in [0.1, 0.15) is 6.10 Å². The van der Waals surface area contributed by atoms with Gasteiger partial charge in [0, 0.05) is 6.42 Å². The van der Waals surface area contributed by atoms with Crippen molar-refractivity contribution in [3.8, 4) is 0 Å². The van der Waals surface area contributed by atoms with Crippen LogP contribution >= 0.6 is 0 Å². The van der Waals surface area contributed by atoms with Crippen LogP contribution in [0.3, 0.4) is 0 Å². The van der Waals surface area contributed by atoms with Gasteiger partial charge in [-0.15, -0.1) is 0 Å². The van der Waals surface area contributed by atoms with Crippen LogP contribution in [0.1, 0.15) is 92.9 Å². The van der Waals surface area contributed by atoms with Gasteiger partial charge in [-0.3, -0.25) is 4.79 Å². The molecule has 9 unspecified atom stereocenters. The Morgan fingerprint density at radius 3 is 2.48 bits per heavy atom. The minimum atomic E-state index is 0.110. The predicted octanol–water partition coefficient (Wildman–Crippen LogP) is 7.59. The summed E-state index contributed by atoms with van der Waals surface area (Å²) in [5.41, 5.74) is 2.44. The zero-order chi connectivity index (χ0) is 22.4. The van der Waals surface area contributed by atoms with Crippen molar-refractivity contribution >= 4 is 6.47 Å². The van der Waals surface area contributed by atoms with E-state index in [1.54, 1.807) is 5.57 Å². The molecule has 2 nitrogen and oxygen atoms in total. The second-order valence-corrected chi connectivity index (χ2v) is 12.4. The molecule has 0 aliphatic heterocycles. The standard InChI is InChI=1S/C29H46O2/c1-19(2)20(3)7-8-21(4)25-11-12-26-24-10-9-22-17-23(31-18-30)13-15-28(22,5)27(24)14-16-29(25,26)6/h7-9,18-21,23-27H,10-17H2,1-6H3. The number of carbonyl (C=O) groups is 1. The second-order valence-electron chi connectivity index (χ2n) is 12.4. The molecule has 174 valence electrons. The van der Waals surface area contributed by atoms with Gasteiger partial charge in [-0.2, -0.15) is 0 Å². The highest BCUT2D eigenvalue weighted by atomic mass is 16.5. The van der Waals surface area contributed by atoms with Crippen molar-refractivity contribution in [2.45, 2.75) is 99.0 Å². The lowest BCUT2D eigenvalue weighted by Gasteiger charge is -2.58. The smallest absolute Gasteiger partial charge is 0.293 e. The lowest BCUT2D eigenvalue weighted by Crippen LogP contribution is -2.50. The summed E-state index contributed by atoms with van der Waals surface area (Å²) in [7, 11) is 0.